The lowest BCUT2D eigenvalue weighted by Gasteiger charge is -2.27. The van der Waals surface area contributed by atoms with Gasteiger partial charge in [0.1, 0.15) is 11.5 Å². The molecule has 2 saturated carbocycles. The highest BCUT2D eigenvalue weighted by Crippen LogP contribution is 2.30. The van der Waals surface area contributed by atoms with Crippen molar-refractivity contribution in [1.29, 1.82) is 0 Å². The molecular weight excluding hydrogens is 680 g/mol. The Morgan fingerprint density at radius 2 is 0.830 bits per heavy atom. The van der Waals surface area contributed by atoms with Crippen LogP contribution in [0.5, 0.6) is 11.5 Å². The maximum atomic E-state index is 12.2. The maximum absolute atomic E-state index is 12.2. The Morgan fingerprint density at radius 1 is 0.491 bits per heavy atom. The Kier molecular flexibility index (Phi) is 23.3. The molecule has 8 heteroatoms. The molecule has 0 atom stereocenters. The monoisotopic (exact) mass is 746 g/mol. The molecule has 0 spiro atoms. The van der Waals surface area contributed by atoms with Gasteiger partial charge < -0.3 is 18.9 Å². The average Bonchev–Trinajstić information content (AvgIpc) is 3.16. The van der Waals surface area contributed by atoms with Crippen molar-refractivity contribution >= 4 is 12.2 Å². The number of benzene rings is 2. The van der Waals surface area contributed by atoms with Crippen molar-refractivity contribution in [3.63, 3.8) is 0 Å². The molecular formula is C45H66F4O4. The molecule has 0 bridgehead atoms. The molecule has 0 radical (unpaired) electrons. The summed E-state index contributed by atoms with van der Waals surface area (Å²) in [5.74, 6) is 1.56. The summed E-state index contributed by atoms with van der Waals surface area (Å²) in [5.41, 5.74) is 2.02. The average molecular weight is 747 g/mol. The SMILES string of the molecule is CCCCCCCCOC1CCC(C=Cc2ccc(OC(F)F)cc2)CC1.CCCCCCCOC1CCC(C=Cc2ccc(OC(F)F)cc2)CC1. The molecule has 0 amide bonds. The fourth-order valence-corrected chi connectivity index (χ4v) is 7.00. The highest BCUT2D eigenvalue weighted by atomic mass is 19.3. The lowest BCUT2D eigenvalue weighted by Crippen LogP contribution is -2.21. The van der Waals surface area contributed by atoms with E-state index in [1.807, 2.05) is 24.3 Å². The van der Waals surface area contributed by atoms with Crippen molar-refractivity contribution < 1.29 is 36.5 Å². The third kappa shape index (κ3) is 21.0. The zero-order valence-electron chi connectivity index (χ0n) is 32.4. The van der Waals surface area contributed by atoms with Gasteiger partial charge in [-0.3, -0.25) is 0 Å². The quantitative estimate of drug-likeness (QED) is 0.0838. The van der Waals surface area contributed by atoms with E-state index in [1.54, 1.807) is 24.3 Å². The smallest absolute Gasteiger partial charge is 0.387 e. The van der Waals surface area contributed by atoms with E-state index in [2.05, 4.69) is 47.6 Å². The van der Waals surface area contributed by atoms with Crippen LogP contribution in [0.4, 0.5) is 17.6 Å². The molecule has 4 nitrogen and oxygen atoms in total. The number of unbranched alkanes of at least 4 members (excludes halogenated alkanes) is 9. The van der Waals surface area contributed by atoms with E-state index < -0.39 is 13.2 Å². The predicted octanol–water partition coefficient (Wildman–Crippen LogP) is 14.1. The Hall–Kier alpha value is -2.84. The van der Waals surface area contributed by atoms with E-state index in [0.29, 0.717) is 24.0 Å². The second-order valence-electron chi connectivity index (χ2n) is 14.6. The number of hydrogen-bond acceptors (Lipinski definition) is 4. The summed E-state index contributed by atoms with van der Waals surface area (Å²) in [6, 6.07) is 13.6. The lowest BCUT2D eigenvalue weighted by molar-refractivity contribution is -0.0505. The van der Waals surface area contributed by atoms with Crippen LogP contribution in [-0.4, -0.2) is 38.6 Å². The van der Waals surface area contributed by atoms with E-state index in [4.69, 9.17) is 9.47 Å². The van der Waals surface area contributed by atoms with Gasteiger partial charge in [-0.2, -0.15) is 17.6 Å². The van der Waals surface area contributed by atoms with Crippen LogP contribution in [0, 0.1) is 11.8 Å². The summed E-state index contributed by atoms with van der Waals surface area (Å²) < 4.78 is 69.4. The molecule has 2 aliphatic carbocycles. The summed E-state index contributed by atoms with van der Waals surface area (Å²) >= 11 is 0. The first-order valence-corrected chi connectivity index (χ1v) is 20.5. The number of alkyl halides is 4. The van der Waals surface area contributed by atoms with Gasteiger partial charge in [-0.05, 0) is 111 Å². The third-order valence-corrected chi connectivity index (χ3v) is 10.2. The van der Waals surface area contributed by atoms with Crippen LogP contribution in [0.1, 0.15) is 147 Å². The van der Waals surface area contributed by atoms with Crippen LogP contribution in [0.15, 0.2) is 60.7 Å². The molecule has 53 heavy (non-hydrogen) atoms. The first kappa shape index (κ1) is 44.6. The minimum absolute atomic E-state index is 0.199. The summed E-state index contributed by atoms with van der Waals surface area (Å²) in [6.45, 7) is 0.748. The standard InChI is InChI=1S/C23H34F2O2.C22H32F2O2/c1-2-3-4-5-6-7-18-26-21-14-10-19(11-15-21)8-9-20-12-16-22(17-13-20)27-23(24)25;1-2-3-4-5-6-17-25-20-13-9-18(10-14-20)7-8-19-11-15-21(16-12-19)26-22(23)24/h8-9,12-13,16-17,19,21,23H,2-7,10-11,14-15,18H2,1H3;7-8,11-12,15-16,18,20,22H,2-6,9-10,13-14,17H2,1H3. The normalized spacial score (nSPS) is 20.6. The fraction of sp³-hybridized carbons (Fsp3) is 0.644. The summed E-state index contributed by atoms with van der Waals surface area (Å²) in [6.07, 6.45) is 32.9. The largest absolute Gasteiger partial charge is 0.435 e. The van der Waals surface area contributed by atoms with Crippen LogP contribution >= 0.6 is 0 Å². The summed E-state index contributed by atoms with van der Waals surface area (Å²) in [4.78, 5) is 0. The molecule has 0 aromatic heterocycles. The van der Waals surface area contributed by atoms with E-state index in [9.17, 15) is 17.6 Å². The Morgan fingerprint density at radius 3 is 1.17 bits per heavy atom. The van der Waals surface area contributed by atoms with Crippen LogP contribution in [0.3, 0.4) is 0 Å². The van der Waals surface area contributed by atoms with Crippen molar-refractivity contribution in [2.24, 2.45) is 11.8 Å². The molecule has 0 heterocycles. The fourth-order valence-electron chi connectivity index (χ4n) is 7.00. The molecule has 2 aromatic rings. The molecule has 0 saturated heterocycles. The Labute approximate surface area is 317 Å². The zero-order chi connectivity index (χ0) is 37.9. The van der Waals surface area contributed by atoms with Gasteiger partial charge in [0.2, 0.25) is 0 Å². The lowest BCUT2D eigenvalue weighted by atomic mass is 9.87. The van der Waals surface area contributed by atoms with Gasteiger partial charge >= 0.3 is 13.2 Å². The van der Waals surface area contributed by atoms with Crippen molar-refractivity contribution in [1.82, 2.24) is 0 Å². The van der Waals surface area contributed by atoms with Gasteiger partial charge in [0, 0.05) is 13.2 Å². The third-order valence-electron chi connectivity index (χ3n) is 10.2. The Balaban J connectivity index is 0.000000286. The van der Waals surface area contributed by atoms with Crippen molar-refractivity contribution in [3.8, 4) is 11.5 Å². The van der Waals surface area contributed by atoms with Gasteiger partial charge in [0.15, 0.2) is 0 Å². The minimum atomic E-state index is -2.77. The summed E-state index contributed by atoms with van der Waals surface area (Å²) in [5, 5.41) is 0. The Bertz CT molecular complexity index is 1220. The molecule has 0 unspecified atom stereocenters. The van der Waals surface area contributed by atoms with Gasteiger partial charge in [-0.25, -0.2) is 0 Å². The van der Waals surface area contributed by atoms with E-state index >= 15 is 0 Å². The maximum Gasteiger partial charge on any atom is 0.387 e. The molecule has 0 aliphatic heterocycles. The van der Waals surface area contributed by atoms with E-state index in [1.165, 1.54) is 70.6 Å². The summed E-state index contributed by atoms with van der Waals surface area (Å²) in [7, 11) is 0. The number of rotatable bonds is 23. The van der Waals surface area contributed by atoms with Gasteiger partial charge in [-0.1, -0.05) is 120 Å². The van der Waals surface area contributed by atoms with Crippen LogP contribution < -0.4 is 9.47 Å². The van der Waals surface area contributed by atoms with Crippen LogP contribution in [0.25, 0.3) is 12.2 Å². The van der Waals surface area contributed by atoms with Crippen molar-refractivity contribution in [3.05, 3.63) is 71.8 Å². The second-order valence-corrected chi connectivity index (χ2v) is 14.6. The minimum Gasteiger partial charge on any atom is -0.435 e. The molecule has 0 N–H and O–H groups in total. The number of ether oxygens (including phenoxy) is 4. The van der Waals surface area contributed by atoms with Gasteiger partial charge in [0.05, 0.1) is 12.2 Å². The van der Waals surface area contributed by atoms with Crippen LogP contribution in [-0.2, 0) is 9.47 Å². The number of hydrogen-bond donors (Lipinski definition) is 0. The van der Waals surface area contributed by atoms with Gasteiger partial charge in [0.25, 0.3) is 0 Å². The predicted molar refractivity (Wildman–Crippen MR) is 210 cm³/mol. The van der Waals surface area contributed by atoms with E-state index in [-0.39, 0.29) is 11.5 Å². The van der Waals surface area contributed by atoms with E-state index in [0.717, 1.165) is 75.7 Å². The number of allylic oxidation sites excluding steroid dienone is 2. The first-order chi connectivity index (χ1) is 25.8. The van der Waals surface area contributed by atoms with Gasteiger partial charge in [-0.15, -0.1) is 0 Å². The molecule has 2 aromatic carbocycles. The first-order valence-electron chi connectivity index (χ1n) is 20.5. The van der Waals surface area contributed by atoms with Crippen molar-refractivity contribution in [2.45, 2.75) is 161 Å². The topological polar surface area (TPSA) is 36.9 Å². The highest BCUT2D eigenvalue weighted by Gasteiger charge is 2.21. The molecule has 2 aliphatic rings. The van der Waals surface area contributed by atoms with Crippen molar-refractivity contribution in [2.75, 3.05) is 13.2 Å². The second kappa shape index (κ2) is 27.7. The number of halogens is 4. The highest BCUT2D eigenvalue weighted by molar-refractivity contribution is 5.51. The van der Waals surface area contributed by atoms with Crippen LogP contribution in [0.2, 0.25) is 0 Å². The zero-order valence-corrected chi connectivity index (χ0v) is 32.4. The molecule has 2 fully saturated rings. The molecule has 298 valence electrons. The molecule has 4 rings (SSSR count).